The van der Waals surface area contributed by atoms with Crippen LogP contribution >= 0.6 is 11.6 Å². The molecule has 0 bridgehead atoms. The van der Waals surface area contributed by atoms with Crippen LogP contribution in [0, 0.1) is 12.8 Å². The predicted molar refractivity (Wildman–Crippen MR) is 98.4 cm³/mol. The molecule has 1 atom stereocenters. The Morgan fingerprint density at radius 1 is 1.30 bits per heavy atom. The monoisotopic (exact) mass is 384 g/mol. The minimum Gasteiger partial charge on any atom is -0.492 e. The third-order valence-electron chi connectivity index (χ3n) is 4.45. The highest BCUT2D eigenvalue weighted by Crippen LogP contribution is 2.30. The Balaban J connectivity index is 1.38. The highest BCUT2D eigenvalue weighted by atomic mass is 35.5. The summed E-state index contributed by atoms with van der Waals surface area (Å²) >= 11 is 6.01. The lowest BCUT2D eigenvalue weighted by Crippen LogP contribution is -2.29. The van der Waals surface area contributed by atoms with Crippen molar-refractivity contribution in [1.29, 1.82) is 0 Å². The van der Waals surface area contributed by atoms with E-state index in [4.69, 9.17) is 25.6 Å². The lowest BCUT2D eigenvalue weighted by molar-refractivity contribution is -0.152. The second kappa shape index (κ2) is 7.40. The molecule has 0 fully saturated rings. The van der Waals surface area contributed by atoms with Gasteiger partial charge in [-0.3, -0.25) is 4.79 Å². The van der Waals surface area contributed by atoms with E-state index >= 15 is 0 Å². The number of fused-ring (bicyclic) bond motifs is 1. The molecular weight excluding hydrogens is 368 g/mol. The maximum Gasteiger partial charge on any atom is 0.313 e. The van der Waals surface area contributed by atoms with E-state index in [0.717, 1.165) is 22.4 Å². The molecule has 1 aromatic heterocycles. The minimum atomic E-state index is -0.394. The summed E-state index contributed by atoms with van der Waals surface area (Å²) in [5.41, 5.74) is 2.82. The Kier molecular flexibility index (Phi) is 4.81. The van der Waals surface area contributed by atoms with E-state index in [1.165, 1.54) is 0 Å². The summed E-state index contributed by atoms with van der Waals surface area (Å²) < 4.78 is 16.2. The van der Waals surface area contributed by atoms with Crippen LogP contribution in [0.25, 0.3) is 11.4 Å². The molecule has 0 saturated carbocycles. The summed E-state index contributed by atoms with van der Waals surface area (Å²) in [5.74, 6) is 0.722. The SMILES string of the molecule is Cc1ccccc1-c1noc(COC(=O)[C@@H]2COc3ccc(Cl)cc3C2)n1. The number of halogens is 1. The van der Waals surface area contributed by atoms with Gasteiger partial charge in [0, 0.05) is 10.6 Å². The number of hydrogen-bond acceptors (Lipinski definition) is 6. The molecule has 0 unspecified atom stereocenters. The molecule has 1 aliphatic rings. The number of aromatic nitrogens is 2. The van der Waals surface area contributed by atoms with E-state index in [2.05, 4.69) is 10.1 Å². The van der Waals surface area contributed by atoms with E-state index in [9.17, 15) is 4.79 Å². The Labute approximate surface area is 161 Å². The van der Waals surface area contributed by atoms with Crippen molar-refractivity contribution >= 4 is 17.6 Å². The predicted octanol–water partition coefficient (Wildman–Crippen LogP) is 3.99. The smallest absolute Gasteiger partial charge is 0.313 e. The molecule has 0 N–H and O–H groups in total. The highest BCUT2D eigenvalue weighted by Gasteiger charge is 2.28. The second-order valence-electron chi connectivity index (χ2n) is 6.40. The molecule has 3 aromatic rings. The standard InChI is InChI=1S/C20H17ClN2O4/c1-12-4-2-3-5-16(12)19-22-18(27-23-19)11-26-20(24)14-8-13-9-15(21)6-7-17(13)25-10-14/h2-7,9,14H,8,10-11H2,1H3/t14-/m0/s1. The molecule has 0 spiro atoms. The minimum absolute atomic E-state index is 0.0728. The number of esters is 1. The molecule has 0 saturated heterocycles. The number of rotatable bonds is 4. The van der Waals surface area contributed by atoms with Crippen molar-refractivity contribution in [2.75, 3.05) is 6.61 Å². The Morgan fingerprint density at radius 3 is 3.00 bits per heavy atom. The molecular formula is C20H17ClN2O4. The normalized spacial score (nSPS) is 15.7. The van der Waals surface area contributed by atoms with Gasteiger partial charge in [-0.15, -0.1) is 0 Å². The molecule has 1 aliphatic heterocycles. The van der Waals surface area contributed by atoms with Gasteiger partial charge in [0.05, 0.1) is 5.92 Å². The summed E-state index contributed by atoms with van der Waals surface area (Å²) in [5, 5.41) is 4.57. The zero-order valence-corrected chi connectivity index (χ0v) is 15.4. The first-order valence-electron chi connectivity index (χ1n) is 8.56. The largest absolute Gasteiger partial charge is 0.492 e. The van der Waals surface area contributed by atoms with Crippen molar-refractivity contribution in [2.45, 2.75) is 20.0 Å². The van der Waals surface area contributed by atoms with Crippen LogP contribution < -0.4 is 4.74 Å². The van der Waals surface area contributed by atoms with Crippen LogP contribution in [0.15, 0.2) is 47.0 Å². The molecule has 0 amide bonds. The van der Waals surface area contributed by atoms with Crippen LogP contribution in [0.5, 0.6) is 5.75 Å². The fraction of sp³-hybridized carbons (Fsp3) is 0.250. The Morgan fingerprint density at radius 2 is 2.15 bits per heavy atom. The van der Waals surface area contributed by atoms with Crippen LogP contribution in [0.1, 0.15) is 17.0 Å². The molecule has 2 aromatic carbocycles. The van der Waals surface area contributed by atoms with Gasteiger partial charge in [0.15, 0.2) is 6.61 Å². The fourth-order valence-corrected chi connectivity index (χ4v) is 3.21. The average molecular weight is 385 g/mol. The van der Waals surface area contributed by atoms with E-state index < -0.39 is 5.92 Å². The summed E-state index contributed by atoms with van der Waals surface area (Å²) in [6.45, 7) is 2.17. The number of nitrogens with zero attached hydrogens (tertiary/aromatic N) is 2. The topological polar surface area (TPSA) is 74.5 Å². The van der Waals surface area contributed by atoms with Crippen molar-refractivity contribution in [3.8, 4) is 17.1 Å². The van der Waals surface area contributed by atoms with Crippen molar-refractivity contribution in [3.63, 3.8) is 0 Å². The summed E-state index contributed by atoms with van der Waals surface area (Å²) in [6.07, 6.45) is 0.521. The van der Waals surface area contributed by atoms with Gasteiger partial charge in [-0.25, -0.2) is 0 Å². The summed E-state index contributed by atoms with van der Waals surface area (Å²) in [4.78, 5) is 16.7. The number of carbonyl (C=O) groups excluding carboxylic acids is 1. The van der Waals surface area contributed by atoms with E-state index in [0.29, 0.717) is 17.3 Å². The first kappa shape index (κ1) is 17.5. The Bertz CT molecular complexity index is 986. The first-order chi connectivity index (χ1) is 13.1. The molecule has 0 radical (unpaired) electrons. The van der Waals surface area contributed by atoms with Crippen molar-refractivity contribution in [1.82, 2.24) is 10.1 Å². The van der Waals surface area contributed by atoms with Crippen LogP contribution in [0.2, 0.25) is 5.02 Å². The van der Waals surface area contributed by atoms with E-state index in [1.807, 2.05) is 43.3 Å². The summed E-state index contributed by atoms with van der Waals surface area (Å²) in [6, 6.07) is 13.1. The number of ether oxygens (including phenoxy) is 2. The molecule has 6 nitrogen and oxygen atoms in total. The molecule has 138 valence electrons. The number of hydrogen-bond donors (Lipinski definition) is 0. The van der Waals surface area contributed by atoms with Gasteiger partial charge in [-0.1, -0.05) is 41.0 Å². The van der Waals surface area contributed by atoms with Gasteiger partial charge in [0.25, 0.3) is 5.89 Å². The van der Waals surface area contributed by atoms with Crippen LogP contribution in [0.3, 0.4) is 0 Å². The molecule has 4 rings (SSSR count). The zero-order chi connectivity index (χ0) is 18.8. The van der Waals surface area contributed by atoms with Crippen molar-refractivity contribution in [3.05, 3.63) is 64.5 Å². The van der Waals surface area contributed by atoms with Crippen molar-refractivity contribution in [2.24, 2.45) is 5.92 Å². The zero-order valence-electron chi connectivity index (χ0n) is 14.6. The lowest BCUT2D eigenvalue weighted by Gasteiger charge is -2.23. The number of aryl methyl sites for hydroxylation is 1. The van der Waals surface area contributed by atoms with Gasteiger partial charge in [-0.2, -0.15) is 4.98 Å². The van der Waals surface area contributed by atoms with Gasteiger partial charge < -0.3 is 14.0 Å². The van der Waals surface area contributed by atoms with Crippen LogP contribution in [0.4, 0.5) is 0 Å². The quantitative estimate of drug-likeness (QED) is 0.633. The van der Waals surface area contributed by atoms with Gasteiger partial charge in [-0.05, 0) is 42.7 Å². The van der Waals surface area contributed by atoms with Crippen LogP contribution in [-0.4, -0.2) is 22.7 Å². The number of carbonyl (C=O) groups is 1. The maximum atomic E-state index is 12.4. The molecule has 0 aliphatic carbocycles. The number of benzene rings is 2. The highest BCUT2D eigenvalue weighted by molar-refractivity contribution is 6.30. The third kappa shape index (κ3) is 3.80. The molecule has 2 heterocycles. The van der Waals surface area contributed by atoms with Crippen molar-refractivity contribution < 1.29 is 18.8 Å². The molecule has 27 heavy (non-hydrogen) atoms. The first-order valence-corrected chi connectivity index (χ1v) is 8.94. The molecule has 7 heteroatoms. The van der Waals surface area contributed by atoms with E-state index in [1.54, 1.807) is 6.07 Å². The third-order valence-corrected chi connectivity index (χ3v) is 4.69. The van der Waals surface area contributed by atoms with Gasteiger partial charge in [0.2, 0.25) is 5.82 Å². The lowest BCUT2D eigenvalue weighted by atomic mass is 9.97. The average Bonchev–Trinajstić information content (AvgIpc) is 3.14. The van der Waals surface area contributed by atoms with Gasteiger partial charge >= 0.3 is 5.97 Å². The van der Waals surface area contributed by atoms with Crippen LogP contribution in [-0.2, 0) is 22.6 Å². The maximum absolute atomic E-state index is 12.4. The van der Waals surface area contributed by atoms with Gasteiger partial charge in [0.1, 0.15) is 12.4 Å². The fourth-order valence-electron chi connectivity index (χ4n) is 3.01. The Hall–Kier alpha value is -2.86. The van der Waals surface area contributed by atoms with E-state index in [-0.39, 0.29) is 25.1 Å². The summed E-state index contributed by atoms with van der Waals surface area (Å²) in [7, 11) is 0. The second-order valence-corrected chi connectivity index (χ2v) is 6.83.